The van der Waals surface area contributed by atoms with E-state index >= 15 is 0 Å². The van der Waals surface area contributed by atoms with Gasteiger partial charge in [0, 0.05) is 32.7 Å². The van der Waals surface area contributed by atoms with Crippen molar-refractivity contribution in [3.8, 4) is 5.75 Å². The number of piperidine rings is 2. The Bertz CT molecular complexity index is 787. The standard InChI is InChI=1S/C24H36N4O3/c1-18(2)15-26-13-10-24(11-14-26)22(29)28(23(30)25-24)20-5-4-12-27(17-20)16-19-6-8-21(31-3)9-7-19/h6-9,18,20H,4-5,10-17H2,1-3H3,(H,25,30)/t20-/m1/s1. The number of ether oxygens (including phenoxy) is 1. The van der Waals surface area contributed by atoms with Crippen LogP contribution in [0.2, 0.25) is 0 Å². The number of benzene rings is 1. The van der Waals surface area contributed by atoms with Crippen LogP contribution in [0.15, 0.2) is 24.3 Å². The molecule has 1 N–H and O–H groups in total. The molecule has 0 radical (unpaired) electrons. The second kappa shape index (κ2) is 9.17. The first-order valence-corrected chi connectivity index (χ1v) is 11.6. The Morgan fingerprint density at radius 1 is 1.10 bits per heavy atom. The first-order valence-electron chi connectivity index (χ1n) is 11.6. The lowest BCUT2D eigenvalue weighted by molar-refractivity contribution is -0.135. The summed E-state index contributed by atoms with van der Waals surface area (Å²) >= 11 is 0. The second-order valence-corrected chi connectivity index (χ2v) is 9.76. The number of nitrogens with one attached hydrogen (secondary N) is 1. The molecule has 0 aromatic heterocycles. The van der Waals surface area contributed by atoms with Gasteiger partial charge in [-0.25, -0.2) is 4.79 Å². The first-order chi connectivity index (χ1) is 14.9. The van der Waals surface area contributed by atoms with E-state index in [9.17, 15) is 9.59 Å². The molecule has 0 bridgehead atoms. The predicted octanol–water partition coefficient (Wildman–Crippen LogP) is 2.70. The quantitative estimate of drug-likeness (QED) is 0.706. The molecule has 1 spiro atoms. The highest BCUT2D eigenvalue weighted by Gasteiger charge is 2.54. The molecular weight excluding hydrogens is 392 g/mol. The molecule has 7 nitrogen and oxygen atoms in total. The van der Waals surface area contributed by atoms with Crippen molar-refractivity contribution in [3.05, 3.63) is 29.8 Å². The minimum absolute atomic E-state index is 0.00186. The van der Waals surface area contributed by atoms with E-state index in [0.717, 1.165) is 57.9 Å². The molecule has 4 rings (SSSR count). The van der Waals surface area contributed by atoms with Gasteiger partial charge < -0.3 is 15.0 Å². The number of urea groups is 1. The van der Waals surface area contributed by atoms with E-state index in [1.807, 2.05) is 12.1 Å². The minimum Gasteiger partial charge on any atom is -0.497 e. The number of nitrogens with zero attached hydrogens (tertiary/aromatic N) is 3. The third-order valence-corrected chi connectivity index (χ3v) is 6.94. The van der Waals surface area contributed by atoms with Crippen LogP contribution < -0.4 is 10.1 Å². The third-order valence-electron chi connectivity index (χ3n) is 6.94. The van der Waals surface area contributed by atoms with Gasteiger partial charge in [-0.2, -0.15) is 0 Å². The highest BCUT2D eigenvalue weighted by molar-refractivity contribution is 6.07. The zero-order valence-electron chi connectivity index (χ0n) is 19.1. The summed E-state index contributed by atoms with van der Waals surface area (Å²) in [5, 5.41) is 3.10. The predicted molar refractivity (Wildman–Crippen MR) is 120 cm³/mol. The monoisotopic (exact) mass is 428 g/mol. The van der Waals surface area contributed by atoms with Gasteiger partial charge in [-0.15, -0.1) is 0 Å². The van der Waals surface area contributed by atoms with Gasteiger partial charge in [0.2, 0.25) is 0 Å². The lowest BCUT2D eigenvalue weighted by Crippen LogP contribution is -2.56. The van der Waals surface area contributed by atoms with Crippen molar-refractivity contribution >= 4 is 11.9 Å². The average Bonchev–Trinajstić information content (AvgIpc) is 2.99. The Morgan fingerprint density at radius 2 is 1.81 bits per heavy atom. The van der Waals surface area contributed by atoms with Crippen molar-refractivity contribution < 1.29 is 14.3 Å². The molecule has 3 aliphatic heterocycles. The Hall–Kier alpha value is -2.12. The van der Waals surface area contributed by atoms with Crippen molar-refractivity contribution in [3.63, 3.8) is 0 Å². The van der Waals surface area contributed by atoms with Gasteiger partial charge in [0.05, 0.1) is 13.2 Å². The van der Waals surface area contributed by atoms with Crippen LogP contribution in [0.25, 0.3) is 0 Å². The van der Waals surface area contributed by atoms with Crippen LogP contribution in [0, 0.1) is 5.92 Å². The van der Waals surface area contributed by atoms with Gasteiger partial charge in [0.25, 0.3) is 5.91 Å². The van der Waals surface area contributed by atoms with Crippen LogP contribution in [0.3, 0.4) is 0 Å². The van der Waals surface area contributed by atoms with Crippen molar-refractivity contribution in [1.29, 1.82) is 0 Å². The average molecular weight is 429 g/mol. The lowest BCUT2D eigenvalue weighted by atomic mass is 9.86. The van der Waals surface area contributed by atoms with E-state index in [1.54, 1.807) is 12.0 Å². The van der Waals surface area contributed by atoms with E-state index < -0.39 is 5.54 Å². The molecule has 0 unspecified atom stereocenters. The van der Waals surface area contributed by atoms with Crippen LogP contribution in [0.5, 0.6) is 5.75 Å². The molecule has 7 heteroatoms. The smallest absolute Gasteiger partial charge is 0.325 e. The molecular formula is C24H36N4O3. The molecule has 0 aliphatic carbocycles. The van der Waals surface area contributed by atoms with Gasteiger partial charge in [-0.05, 0) is 55.8 Å². The summed E-state index contributed by atoms with van der Waals surface area (Å²) in [6.07, 6.45) is 3.30. The van der Waals surface area contributed by atoms with Crippen molar-refractivity contribution in [2.24, 2.45) is 5.92 Å². The molecule has 1 atom stereocenters. The molecule has 1 aromatic rings. The van der Waals surface area contributed by atoms with E-state index in [-0.39, 0.29) is 18.0 Å². The molecule has 3 fully saturated rings. The first kappa shape index (κ1) is 22.1. The second-order valence-electron chi connectivity index (χ2n) is 9.76. The summed E-state index contributed by atoms with van der Waals surface area (Å²) < 4.78 is 5.24. The number of imide groups is 1. The van der Waals surface area contributed by atoms with Crippen LogP contribution >= 0.6 is 0 Å². The molecule has 170 valence electrons. The Balaban J connectivity index is 1.38. The van der Waals surface area contributed by atoms with E-state index in [4.69, 9.17) is 4.74 Å². The van der Waals surface area contributed by atoms with E-state index in [1.165, 1.54) is 5.56 Å². The molecule has 3 saturated heterocycles. The van der Waals surface area contributed by atoms with Gasteiger partial charge in [0.1, 0.15) is 11.3 Å². The third kappa shape index (κ3) is 4.72. The Morgan fingerprint density at radius 3 is 2.45 bits per heavy atom. The van der Waals surface area contributed by atoms with Crippen LogP contribution in [-0.4, -0.2) is 78.1 Å². The Labute approximate surface area is 185 Å². The topological polar surface area (TPSA) is 65.1 Å². The Kier molecular flexibility index (Phi) is 6.53. The van der Waals surface area contributed by atoms with Gasteiger partial charge in [-0.1, -0.05) is 26.0 Å². The zero-order valence-corrected chi connectivity index (χ0v) is 19.1. The summed E-state index contributed by atoms with van der Waals surface area (Å²) in [6, 6.07) is 7.87. The normalized spacial score (nSPS) is 24.8. The number of hydrogen-bond acceptors (Lipinski definition) is 5. The maximum atomic E-state index is 13.4. The fourth-order valence-corrected chi connectivity index (χ4v) is 5.32. The number of methoxy groups -OCH3 is 1. The number of hydrogen-bond donors (Lipinski definition) is 1. The number of rotatable bonds is 6. The highest BCUT2D eigenvalue weighted by atomic mass is 16.5. The number of carbonyl (C=O) groups is 2. The van der Waals surface area contributed by atoms with Crippen molar-refractivity contribution in [1.82, 2.24) is 20.0 Å². The maximum Gasteiger partial charge on any atom is 0.325 e. The molecule has 3 amide bonds. The van der Waals surface area contributed by atoms with E-state index in [2.05, 4.69) is 41.1 Å². The molecule has 0 saturated carbocycles. The minimum atomic E-state index is -0.692. The maximum absolute atomic E-state index is 13.4. The molecule has 3 aliphatic rings. The van der Waals surface area contributed by atoms with Crippen LogP contribution in [0.4, 0.5) is 4.79 Å². The SMILES string of the molecule is COc1ccc(CN2CCC[C@@H](N3C(=O)NC4(CCN(CC(C)C)CC4)C3=O)C2)cc1. The summed E-state index contributed by atoms with van der Waals surface area (Å²) in [5.41, 5.74) is 0.524. The van der Waals surface area contributed by atoms with Gasteiger partial charge in [0.15, 0.2) is 0 Å². The number of likely N-dealkylation sites (tertiary alicyclic amines) is 2. The molecule has 1 aromatic carbocycles. The van der Waals surface area contributed by atoms with Crippen molar-refractivity contribution in [2.45, 2.75) is 57.7 Å². The summed E-state index contributed by atoms with van der Waals surface area (Å²) in [4.78, 5) is 32.7. The zero-order chi connectivity index (χ0) is 22.0. The van der Waals surface area contributed by atoms with Gasteiger partial charge >= 0.3 is 6.03 Å². The highest BCUT2D eigenvalue weighted by Crippen LogP contribution is 2.32. The fourth-order valence-electron chi connectivity index (χ4n) is 5.32. The lowest BCUT2D eigenvalue weighted by Gasteiger charge is -2.39. The van der Waals surface area contributed by atoms with Crippen LogP contribution in [0.1, 0.15) is 45.1 Å². The largest absolute Gasteiger partial charge is 0.497 e. The molecule has 3 heterocycles. The molecule has 31 heavy (non-hydrogen) atoms. The van der Waals surface area contributed by atoms with Crippen LogP contribution in [-0.2, 0) is 11.3 Å². The van der Waals surface area contributed by atoms with Crippen molar-refractivity contribution in [2.75, 3.05) is 39.8 Å². The number of carbonyl (C=O) groups excluding carboxylic acids is 2. The summed E-state index contributed by atoms with van der Waals surface area (Å²) in [5.74, 6) is 1.46. The number of amides is 3. The van der Waals surface area contributed by atoms with E-state index in [0.29, 0.717) is 18.8 Å². The fraction of sp³-hybridized carbons (Fsp3) is 0.667. The summed E-state index contributed by atoms with van der Waals surface area (Å²) in [7, 11) is 1.67. The summed E-state index contributed by atoms with van der Waals surface area (Å²) in [6.45, 7) is 9.76. The van der Waals surface area contributed by atoms with Gasteiger partial charge in [-0.3, -0.25) is 14.6 Å².